The van der Waals surface area contributed by atoms with Gasteiger partial charge in [0.1, 0.15) is 5.41 Å². The van der Waals surface area contributed by atoms with Crippen LogP contribution in [0.1, 0.15) is 76.1 Å². The molecule has 4 atom stereocenters. The van der Waals surface area contributed by atoms with Crippen LogP contribution in [0.4, 0.5) is 0 Å². The number of carbonyl (C=O) groups excluding carboxylic acids is 1. The number of halogens is 2. The van der Waals surface area contributed by atoms with Crippen molar-refractivity contribution < 1.29 is 4.79 Å². The Hall–Kier alpha value is -2.84. The van der Waals surface area contributed by atoms with Gasteiger partial charge in [-0.05, 0) is 63.8 Å². The van der Waals surface area contributed by atoms with Crippen molar-refractivity contribution in [3.63, 3.8) is 0 Å². The van der Waals surface area contributed by atoms with Gasteiger partial charge in [0.15, 0.2) is 0 Å². The highest BCUT2D eigenvalue weighted by Crippen LogP contribution is 2.51. The molecule has 4 nitrogen and oxygen atoms in total. The van der Waals surface area contributed by atoms with E-state index < -0.39 is 17.4 Å². The van der Waals surface area contributed by atoms with Crippen molar-refractivity contribution in [1.82, 2.24) is 10.6 Å². The van der Waals surface area contributed by atoms with Crippen LogP contribution in [0.25, 0.3) is 0 Å². The maximum absolute atomic E-state index is 14.0. The van der Waals surface area contributed by atoms with E-state index in [0.717, 1.165) is 16.7 Å². The molecule has 4 rings (SSSR count). The molecule has 1 saturated heterocycles. The van der Waals surface area contributed by atoms with E-state index in [1.807, 2.05) is 48.5 Å². The van der Waals surface area contributed by atoms with Crippen LogP contribution in [-0.2, 0) is 22.2 Å². The van der Waals surface area contributed by atoms with Gasteiger partial charge in [0, 0.05) is 28.5 Å². The molecule has 1 heterocycles. The highest BCUT2D eigenvalue weighted by atomic mass is 35.5. The zero-order chi connectivity index (χ0) is 29.3. The highest BCUT2D eigenvalue weighted by molar-refractivity contribution is 6.30. The van der Waals surface area contributed by atoms with E-state index >= 15 is 0 Å². The lowest BCUT2D eigenvalue weighted by atomic mass is 9.63. The molecule has 0 aromatic heterocycles. The van der Waals surface area contributed by atoms with E-state index in [0.29, 0.717) is 23.0 Å². The number of rotatable bonds is 6. The summed E-state index contributed by atoms with van der Waals surface area (Å²) in [5.41, 5.74) is 2.89. The molecule has 1 amide bonds. The van der Waals surface area contributed by atoms with Gasteiger partial charge >= 0.3 is 0 Å². The second-order valence-electron chi connectivity index (χ2n) is 13.1. The van der Waals surface area contributed by atoms with Crippen molar-refractivity contribution in [2.75, 3.05) is 0 Å². The molecule has 0 radical (unpaired) electrons. The van der Waals surface area contributed by atoms with Gasteiger partial charge < -0.3 is 10.6 Å². The molecule has 1 aliphatic rings. The third-order valence-electron chi connectivity index (χ3n) is 7.85. The summed E-state index contributed by atoms with van der Waals surface area (Å²) in [5, 5.41) is 19.0. The molecule has 3 aromatic rings. The van der Waals surface area contributed by atoms with Crippen molar-refractivity contribution >= 4 is 29.1 Å². The minimum Gasteiger partial charge on any atom is -0.351 e. The molecule has 0 bridgehead atoms. The first-order valence-electron chi connectivity index (χ1n) is 13.8. The van der Waals surface area contributed by atoms with Crippen LogP contribution in [0.15, 0.2) is 72.8 Å². The summed E-state index contributed by atoms with van der Waals surface area (Å²) in [7, 11) is 0. The van der Waals surface area contributed by atoms with Gasteiger partial charge in [0.05, 0.1) is 12.1 Å². The summed E-state index contributed by atoms with van der Waals surface area (Å²) < 4.78 is 0. The van der Waals surface area contributed by atoms with Crippen molar-refractivity contribution in [2.24, 2.45) is 5.41 Å². The summed E-state index contributed by atoms with van der Waals surface area (Å²) in [6.07, 6.45) is 0.693. The molecule has 3 aromatic carbocycles. The van der Waals surface area contributed by atoms with Gasteiger partial charge in [-0.2, -0.15) is 5.26 Å². The molecule has 0 aliphatic carbocycles. The average molecular weight is 577 g/mol. The molecule has 0 saturated carbocycles. The lowest BCUT2D eigenvalue weighted by molar-refractivity contribution is -0.123. The fourth-order valence-corrected chi connectivity index (χ4v) is 6.20. The quantitative estimate of drug-likeness (QED) is 0.313. The Labute approximate surface area is 249 Å². The van der Waals surface area contributed by atoms with Gasteiger partial charge in [0.25, 0.3) is 0 Å². The summed E-state index contributed by atoms with van der Waals surface area (Å²) in [4.78, 5) is 14.0. The molecular formula is C34H39Cl2N3O. The number of amides is 1. The van der Waals surface area contributed by atoms with E-state index in [2.05, 4.69) is 82.5 Å². The van der Waals surface area contributed by atoms with Crippen LogP contribution in [0, 0.1) is 16.7 Å². The Morgan fingerprint density at radius 2 is 1.60 bits per heavy atom. The standard InChI is InChI=1S/C34H39Cl2N3O/c1-32(2,3)19-28-34(21-37,25-14-16-26(35)17-15-25)29(23-8-7-9-27(36)18-23)30(39-28)31(40)38-20-22-10-12-24(13-11-22)33(4,5)6/h7-18,28-30,39H,19-20H2,1-6H3,(H,38,40). The average Bonchev–Trinajstić information content (AvgIpc) is 3.20. The molecule has 1 fully saturated rings. The summed E-state index contributed by atoms with van der Waals surface area (Å²) in [5.74, 6) is -0.622. The Bertz CT molecular complexity index is 1380. The molecular weight excluding hydrogens is 537 g/mol. The lowest BCUT2D eigenvalue weighted by Gasteiger charge is -2.37. The van der Waals surface area contributed by atoms with Crippen LogP contribution in [0.5, 0.6) is 0 Å². The Morgan fingerprint density at radius 1 is 0.950 bits per heavy atom. The normalized spacial score (nSPS) is 23.0. The molecule has 0 spiro atoms. The van der Waals surface area contributed by atoms with Gasteiger partial charge in [-0.3, -0.25) is 4.79 Å². The van der Waals surface area contributed by atoms with Gasteiger partial charge in [-0.1, -0.05) is 113 Å². The van der Waals surface area contributed by atoms with E-state index in [9.17, 15) is 10.1 Å². The third kappa shape index (κ3) is 6.39. The Kier molecular flexibility index (Phi) is 8.71. The summed E-state index contributed by atoms with van der Waals surface area (Å²) >= 11 is 12.7. The van der Waals surface area contributed by atoms with Gasteiger partial charge in [-0.15, -0.1) is 0 Å². The highest BCUT2D eigenvalue weighted by Gasteiger charge is 2.59. The molecule has 210 valence electrons. The summed E-state index contributed by atoms with van der Waals surface area (Å²) in [6, 6.07) is 25.1. The smallest absolute Gasteiger partial charge is 0.238 e. The fourth-order valence-electron chi connectivity index (χ4n) is 5.88. The molecule has 6 heteroatoms. The predicted molar refractivity (Wildman–Crippen MR) is 165 cm³/mol. The van der Waals surface area contributed by atoms with Crippen LogP contribution in [0.2, 0.25) is 10.0 Å². The van der Waals surface area contributed by atoms with Crippen LogP contribution in [0.3, 0.4) is 0 Å². The van der Waals surface area contributed by atoms with Crippen LogP contribution >= 0.6 is 23.2 Å². The maximum atomic E-state index is 14.0. The number of hydrogen-bond donors (Lipinski definition) is 2. The zero-order valence-electron chi connectivity index (χ0n) is 24.2. The maximum Gasteiger partial charge on any atom is 0.238 e. The third-order valence-corrected chi connectivity index (χ3v) is 8.34. The minimum absolute atomic E-state index is 0.0596. The van der Waals surface area contributed by atoms with E-state index in [4.69, 9.17) is 23.2 Å². The first kappa shape index (κ1) is 30.1. The molecule has 4 unspecified atom stereocenters. The number of benzene rings is 3. The largest absolute Gasteiger partial charge is 0.351 e. The number of nitrogens with zero attached hydrogens (tertiary/aromatic N) is 1. The van der Waals surface area contributed by atoms with E-state index in [1.165, 1.54) is 5.56 Å². The van der Waals surface area contributed by atoms with Crippen LogP contribution in [-0.4, -0.2) is 18.0 Å². The van der Waals surface area contributed by atoms with Crippen molar-refractivity contribution in [2.45, 2.75) is 83.3 Å². The van der Waals surface area contributed by atoms with Crippen molar-refractivity contribution in [3.8, 4) is 6.07 Å². The molecule has 40 heavy (non-hydrogen) atoms. The van der Waals surface area contributed by atoms with Crippen molar-refractivity contribution in [3.05, 3.63) is 105 Å². The monoisotopic (exact) mass is 575 g/mol. The molecule has 2 N–H and O–H groups in total. The summed E-state index contributed by atoms with van der Waals surface area (Å²) in [6.45, 7) is 13.4. The number of nitrogens with one attached hydrogen (secondary N) is 2. The lowest BCUT2D eigenvalue weighted by Crippen LogP contribution is -2.45. The number of carbonyl (C=O) groups is 1. The fraction of sp³-hybridized carbons (Fsp3) is 0.412. The number of nitriles is 1. The second-order valence-corrected chi connectivity index (χ2v) is 14.0. The van der Waals surface area contributed by atoms with Crippen molar-refractivity contribution in [1.29, 1.82) is 5.26 Å². The van der Waals surface area contributed by atoms with E-state index in [1.54, 1.807) is 0 Å². The topological polar surface area (TPSA) is 64.9 Å². The Morgan fingerprint density at radius 3 is 2.15 bits per heavy atom. The van der Waals surface area contributed by atoms with Gasteiger partial charge in [0.2, 0.25) is 5.91 Å². The first-order valence-corrected chi connectivity index (χ1v) is 14.6. The molecule has 1 aliphatic heterocycles. The predicted octanol–water partition coefficient (Wildman–Crippen LogP) is 7.93. The second kappa shape index (κ2) is 11.6. The number of hydrogen-bond acceptors (Lipinski definition) is 3. The minimum atomic E-state index is -1.03. The SMILES string of the molecule is CC(C)(C)CC1NC(C(=O)NCc2ccc(C(C)(C)C)cc2)C(c2cccc(Cl)c2)C1(C#N)c1ccc(Cl)cc1. The zero-order valence-corrected chi connectivity index (χ0v) is 25.7. The van der Waals surface area contributed by atoms with Gasteiger partial charge in [-0.25, -0.2) is 0 Å². The Balaban J connectivity index is 1.75. The van der Waals surface area contributed by atoms with E-state index in [-0.39, 0.29) is 22.8 Å². The first-order chi connectivity index (χ1) is 18.7. The van der Waals surface area contributed by atoms with Crippen LogP contribution < -0.4 is 10.6 Å².